The molecule has 0 unspecified atom stereocenters. The van der Waals surface area contributed by atoms with Crippen molar-refractivity contribution in [3.05, 3.63) is 63.9 Å². The van der Waals surface area contributed by atoms with Gasteiger partial charge in [-0.3, -0.25) is 9.59 Å². The highest BCUT2D eigenvalue weighted by Crippen LogP contribution is 2.27. The molecule has 2 amide bonds. The van der Waals surface area contributed by atoms with Crippen LogP contribution in [0.1, 0.15) is 21.5 Å². The van der Waals surface area contributed by atoms with Crippen LogP contribution in [0.5, 0.6) is 0 Å². The Hall–Kier alpha value is -2.40. The van der Waals surface area contributed by atoms with E-state index in [0.717, 1.165) is 11.1 Å². The summed E-state index contributed by atoms with van der Waals surface area (Å²) in [7, 11) is 0. The molecule has 2 aromatic rings. The van der Waals surface area contributed by atoms with E-state index >= 15 is 0 Å². The van der Waals surface area contributed by atoms with Crippen LogP contribution in [0.4, 0.5) is 10.1 Å². The Labute approximate surface area is 138 Å². The van der Waals surface area contributed by atoms with Crippen LogP contribution in [0.25, 0.3) is 0 Å². The summed E-state index contributed by atoms with van der Waals surface area (Å²) in [6.07, 6.45) is 0. The van der Waals surface area contributed by atoms with E-state index in [1.54, 1.807) is 12.1 Å². The highest BCUT2D eigenvalue weighted by molar-refractivity contribution is 6.34. The predicted octanol–water partition coefficient (Wildman–Crippen LogP) is 3.46. The zero-order valence-electron chi connectivity index (χ0n) is 12.7. The van der Waals surface area contributed by atoms with Crippen LogP contribution in [-0.2, 0) is 4.79 Å². The molecule has 23 heavy (non-hydrogen) atoms. The second-order valence-electron chi connectivity index (χ2n) is 5.15. The maximum atomic E-state index is 13.5. The van der Waals surface area contributed by atoms with Crippen molar-refractivity contribution in [1.29, 1.82) is 0 Å². The van der Waals surface area contributed by atoms with Gasteiger partial charge in [0.2, 0.25) is 5.91 Å². The van der Waals surface area contributed by atoms with Crippen LogP contribution in [-0.4, -0.2) is 18.4 Å². The molecule has 120 valence electrons. The van der Waals surface area contributed by atoms with Crippen LogP contribution in [0.2, 0.25) is 5.02 Å². The third-order valence-electron chi connectivity index (χ3n) is 3.22. The van der Waals surface area contributed by atoms with Crippen molar-refractivity contribution in [3.63, 3.8) is 0 Å². The summed E-state index contributed by atoms with van der Waals surface area (Å²) >= 11 is 6.11. The lowest BCUT2D eigenvalue weighted by atomic mass is 10.1. The molecule has 2 N–H and O–H groups in total. The maximum absolute atomic E-state index is 13.5. The van der Waals surface area contributed by atoms with E-state index < -0.39 is 17.6 Å². The minimum atomic E-state index is -0.648. The summed E-state index contributed by atoms with van der Waals surface area (Å²) in [6, 6.07) is 9.20. The number of hydrogen-bond acceptors (Lipinski definition) is 2. The van der Waals surface area contributed by atoms with Gasteiger partial charge in [-0.1, -0.05) is 29.8 Å². The van der Waals surface area contributed by atoms with Gasteiger partial charge in [-0.05, 0) is 43.2 Å². The largest absolute Gasteiger partial charge is 0.343 e. The van der Waals surface area contributed by atoms with Crippen molar-refractivity contribution in [2.24, 2.45) is 0 Å². The number of rotatable bonds is 4. The van der Waals surface area contributed by atoms with Gasteiger partial charge in [0.1, 0.15) is 5.82 Å². The summed E-state index contributed by atoms with van der Waals surface area (Å²) < 4.78 is 13.5. The first-order valence-electron chi connectivity index (χ1n) is 6.98. The number of amides is 2. The number of carbonyl (C=O) groups excluding carboxylic acids is 2. The summed E-state index contributed by atoms with van der Waals surface area (Å²) in [4.78, 5) is 23.8. The lowest BCUT2D eigenvalue weighted by molar-refractivity contribution is -0.115. The molecule has 0 atom stereocenters. The van der Waals surface area contributed by atoms with Crippen LogP contribution in [0.3, 0.4) is 0 Å². The van der Waals surface area contributed by atoms with Gasteiger partial charge < -0.3 is 10.6 Å². The molecule has 0 bridgehead atoms. The second kappa shape index (κ2) is 7.24. The SMILES string of the molecule is Cc1cc(C)c(NC(=O)CNC(=O)c2ccccc2F)c(Cl)c1. The molecule has 0 heterocycles. The van der Waals surface area contributed by atoms with Gasteiger partial charge in [0, 0.05) is 0 Å². The average Bonchev–Trinajstić information content (AvgIpc) is 2.49. The van der Waals surface area contributed by atoms with Crippen LogP contribution >= 0.6 is 11.6 Å². The van der Waals surface area contributed by atoms with E-state index in [-0.39, 0.29) is 12.1 Å². The van der Waals surface area contributed by atoms with E-state index in [0.29, 0.717) is 10.7 Å². The van der Waals surface area contributed by atoms with Gasteiger partial charge in [-0.15, -0.1) is 0 Å². The fourth-order valence-electron chi connectivity index (χ4n) is 2.16. The highest BCUT2D eigenvalue weighted by Gasteiger charge is 2.13. The van der Waals surface area contributed by atoms with E-state index in [1.165, 1.54) is 18.2 Å². The second-order valence-corrected chi connectivity index (χ2v) is 5.56. The van der Waals surface area contributed by atoms with Crippen LogP contribution < -0.4 is 10.6 Å². The molecule has 0 aromatic heterocycles. The average molecular weight is 335 g/mol. The lowest BCUT2D eigenvalue weighted by Gasteiger charge is -2.12. The predicted molar refractivity (Wildman–Crippen MR) is 88.3 cm³/mol. The summed E-state index contributed by atoms with van der Waals surface area (Å²) in [5.41, 5.74) is 2.20. The number of benzene rings is 2. The van der Waals surface area contributed by atoms with Crippen molar-refractivity contribution in [2.75, 3.05) is 11.9 Å². The van der Waals surface area contributed by atoms with Crippen molar-refractivity contribution >= 4 is 29.1 Å². The van der Waals surface area contributed by atoms with Crippen LogP contribution in [0, 0.1) is 19.7 Å². The Morgan fingerprint density at radius 3 is 2.52 bits per heavy atom. The van der Waals surface area contributed by atoms with E-state index in [1.807, 2.05) is 19.9 Å². The Morgan fingerprint density at radius 2 is 1.87 bits per heavy atom. The van der Waals surface area contributed by atoms with Gasteiger partial charge in [0.05, 0.1) is 22.8 Å². The summed E-state index contributed by atoms with van der Waals surface area (Å²) in [5.74, 6) is -1.73. The molecule has 2 aromatic carbocycles. The third kappa shape index (κ3) is 4.29. The molecular weight excluding hydrogens is 319 g/mol. The molecule has 0 spiro atoms. The minimum Gasteiger partial charge on any atom is -0.343 e. The Bertz CT molecular complexity index is 739. The normalized spacial score (nSPS) is 10.3. The quantitative estimate of drug-likeness (QED) is 0.899. The van der Waals surface area contributed by atoms with Crippen molar-refractivity contribution in [2.45, 2.75) is 13.8 Å². The summed E-state index contributed by atoms with van der Waals surface area (Å²) in [6.45, 7) is 3.45. The van der Waals surface area contributed by atoms with Gasteiger partial charge >= 0.3 is 0 Å². The molecule has 2 rings (SSSR count). The molecule has 0 radical (unpaired) electrons. The maximum Gasteiger partial charge on any atom is 0.254 e. The summed E-state index contributed by atoms with van der Waals surface area (Å²) in [5, 5.41) is 5.45. The van der Waals surface area contributed by atoms with E-state index in [9.17, 15) is 14.0 Å². The third-order valence-corrected chi connectivity index (χ3v) is 3.52. The molecule has 0 fully saturated rings. The van der Waals surface area contributed by atoms with Gasteiger partial charge in [0.25, 0.3) is 5.91 Å². The molecule has 0 aliphatic carbocycles. The van der Waals surface area contributed by atoms with Crippen molar-refractivity contribution < 1.29 is 14.0 Å². The zero-order valence-corrected chi connectivity index (χ0v) is 13.5. The number of halogens is 2. The number of aryl methyl sites for hydroxylation is 2. The van der Waals surface area contributed by atoms with Gasteiger partial charge in [0.15, 0.2) is 0 Å². The smallest absolute Gasteiger partial charge is 0.254 e. The molecular formula is C17H16ClFN2O2. The van der Waals surface area contributed by atoms with Crippen molar-refractivity contribution in [3.8, 4) is 0 Å². The first-order chi connectivity index (χ1) is 10.9. The minimum absolute atomic E-state index is 0.107. The van der Waals surface area contributed by atoms with Gasteiger partial charge in [-0.2, -0.15) is 0 Å². The molecule has 6 heteroatoms. The first-order valence-corrected chi connectivity index (χ1v) is 7.35. The Morgan fingerprint density at radius 1 is 1.17 bits per heavy atom. The van der Waals surface area contributed by atoms with Gasteiger partial charge in [-0.25, -0.2) is 4.39 Å². The first kappa shape index (κ1) is 17.0. The molecule has 4 nitrogen and oxygen atoms in total. The van der Waals surface area contributed by atoms with Crippen LogP contribution in [0.15, 0.2) is 36.4 Å². The molecule has 0 aliphatic heterocycles. The molecule has 0 aliphatic rings. The lowest BCUT2D eigenvalue weighted by Crippen LogP contribution is -2.33. The van der Waals surface area contributed by atoms with E-state index in [2.05, 4.69) is 10.6 Å². The zero-order chi connectivity index (χ0) is 17.0. The number of nitrogens with one attached hydrogen (secondary N) is 2. The number of carbonyl (C=O) groups is 2. The monoisotopic (exact) mass is 334 g/mol. The Kier molecular flexibility index (Phi) is 5.34. The van der Waals surface area contributed by atoms with Crippen molar-refractivity contribution in [1.82, 2.24) is 5.32 Å². The molecule has 0 saturated heterocycles. The standard InChI is InChI=1S/C17H16ClFN2O2/c1-10-7-11(2)16(13(18)8-10)21-15(22)9-20-17(23)12-5-3-4-6-14(12)19/h3-8H,9H2,1-2H3,(H,20,23)(H,21,22). The number of hydrogen-bond donors (Lipinski definition) is 2. The van der Waals surface area contributed by atoms with E-state index in [4.69, 9.17) is 11.6 Å². The fourth-order valence-corrected chi connectivity index (χ4v) is 2.53. The number of anilines is 1. The Balaban J connectivity index is 1.99. The highest BCUT2D eigenvalue weighted by atomic mass is 35.5. The molecule has 0 saturated carbocycles. The fraction of sp³-hybridized carbons (Fsp3) is 0.176. The topological polar surface area (TPSA) is 58.2 Å².